The number of hydrogen-bond donors (Lipinski definition) is 0. The average molecular weight is 380 g/mol. The molecule has 1 aromatic carbocycles. The predicted octanol–water partition coefficient (Wildman–Crippen LogP) is 3.86. The van der Waals surface area contributed by atoms with Crippen LogP contribution in [0, 0.1) is 8.99 Å². The predicted molar refractivity (Wildman–Crippen MR) is 86.5 cm³/mol. The molecule has 20 heavy (non-hydrogen) atoms. The Labute approximate surface area is 132 Å². The van der Waals surface area contributed by atoms with Gasteiger partial charge in [-0.1, -0.05) is 23.8 Å². The summed E-state index contributed by atoms with van der Waals surface area (Å²) < 4.78 is 1.20. The smallest absolute Gasteiger partial charge is 0.155 e. The van der Waals surface area contributed by atoms with E-state index in [2.05, 4.69) is 34.7 Å². The number of fused-ring (bicyclic) bond motifs is 1. The van der Waals surface area contributed by atoms with E-state index in [1.54, 1.807) is 6.08 Å². The van der Waals surface area contributed by atoms with E-state index in [0.717, 1.165) is 24.8 Å². The minimum Gasteiger partial charge on any atom is -0.299 e. The van der Waals surface area contributed by atoms with Crippen molar-refractivity contribution < 1.29 is 9.59 Å². The van der Waals surface area contributed by atoms with Crippen LogP contribution in [0.3, 0.4) is 0 Å². The average Bonchev–Trinajstić information content (AvgIpc) is 2.43. The first kappa shape index (κ1) is 14.0. The van der Waals surface area contributed by atoms with E-state index in [9.17, 15) is 9.59 Å². The lowest BCUT2D eigenvalue weighted by Gasteiger charge is -2.40. The summed E-state index contributed by atoms with van der Waals surface area (Å²) in [5.74, 6) is 0.523. The molecular formula is C17H17IO2. The first-order valence-corrected chi connectivity index (χ1v) is 8.20. The summed E-state index contributed by atoms with van der Waals surface area (Å²) in [7, 11) is 0. The number of rotatable bonds is 2. The van der Waals surface area contributed by atoms with Crippen molar-refractivity contribution in [2.24, 2.45) is 5.41 Å². The first-order valence-electron chi connectivity index (χ1n) is 7.12. The van der Waals surface area contributed by atoms with Gasteiger partial charge >= 0.3 is 0 Å². The molecule has 0 amide bonds. The van der Waals surface area contributed by atoms with E-state index >= 15 is 0 Å². The summed E-state index contributed by atoms with van der Waals surface area (Å²) in [5, 5.41) is 0. The molecule has 0 spiro atoms. The molecule has 1 aromatic rings. The lowest BCUT2D eigenvalue weighted by Crippen LogP contribution is -2.41. The van der Waals surface area contributed by atoms with E-state index in [0.29, 0.717) is 25.0 Å². The summed E-state index contributed by atoms with van der Waals surface area (Å²) in [4.78, 5) is 24.3. The van der Waals surface area contributed by atoms with Gasteiger partial charge in [-0.2, -0.15) is 0 Å². The molecule has 0 aliphatic heterocycles. The largest absolute Gasteiger partial charge is 0.299 e. The Hall–Kier alpha value is -0.970. The maximum Gasteiger partial charge on any atom is 0.155 e. The fraction of sp³-hybridized carbons (Fsp3) is 0.412. The molecule has 1 atom stereocenters. The molecule has 1 unspecified atom stereocenters. The number of halogens is 1. The van der Waals surface area contributed by atoms with E-state index in [-0.39, 0.29) is 5.78 Å². The second kappa shape index (κ2) is 5.43. The fourth-order valence-corrected chi connectivity index (χ4v) is 4.06. The lowest BCUT2D eigenvalue weighted by molar-refractivity contribution is -0.129. The van der Waals surface area contributed by atoms with Gasteiger partial charge in [-0.25, -0.2) is 0 Å². The molecule has 3 rings (SSSR count). The van der Waals surface area contributed by atoms with Crippen molar-refractivity contribution in [3.63, 3.8) is 0 Å². The van der Waals surface area contributed by atoms with Crippen molar-refractivity contribution in [2.75, 3.05) is 0 Å². The van der Waals surface area contributed by atoms with E-state index < -0.39 is 5.41 Å². The minimum absolute atomic E-state index is 0.188. The third-order valence-corrected chi connectivity index (χ3v) is 5.63. The summed E-state index contributed by atoms with van der Waals surface area (Å²) in [5.41, 5.74) is 1.92. The molecule has 1 fully saturated rings. The van der Waals surface area contributed by atoms with Crippen LogP contribution in [0.1, 0.15) is 37.7 Å². The van der Waals surface area contributed by atoms with E-state index in [1.807, 2.05) is 12.1 Å². The number of hydrogen-bond acceptors (Lipinski definition) is 2. The lowest BCUT2D eigenvalue weighted by atomic mass is 9.61. The van der Waals surface area contributed by atoms with Crippen LogP contribution in [0.4, 0.5) is 0 Å². The van der Waals surface area contributed by atoms with Crippen LogP contribution in [0.15, 0.2) is 35.9 Å². The summed E-state index contributed by atoms with van der Waals surface area (Å²) in [6, 6.07) is 8.23. The Kier molecular flexibility index (Phi) is 3.80. The molecule has 0 heterocycles. The Morgan fingerprint density at radius 2 is 1.90 bits per heavy atom. The molecule has 2 aliphatic carbocycles. The molecule has 0 aromatic heterocycles. The Morgan fingerprint density at radius 3 is 2.70 bits per heavy atom. The van der Waals surface area contributed by atoms with Gasteiger partial charge in [0, 0.05) is 16.4 Å². The van der Waals surface area contributed by atoms with E-state index in [4.69, 9.17) is 0 Å². The highest BCUT2D eigenvalue weighted by Crippen LogP contribution is 2.47. The second-order valence-corrected chi connectivity index (χ2v) is 6.93. The number of carbonyl (C=O) groups is 2. The number of Topliss-reactive ketones (excluding diaryl/α,β-unsaturated/α-hetero) is 1. The summed E-state index contributed by atoms with van der Waals surface area (Å²) in [6.07, 6.45) is 6.18. The van der Waals surface area contributed by atoms with Gasteiger partial charge in [0.05, 0.1) is 5.41 Å². The molecule has 2 nitrogen and oxygen atoms in total. The van der Waals surface area contributed by atoms with Gasteiger partial charge in [-0.05, 0) is 66.0 Å². The highest BCUT2D eigenvalue weighted by Gasteiger charge is 2.45. The molecule has 104 valence electrons. The van der Waals surface area contributed by atoms with Crippen LogP contribution in [-0.4, -0.2) is 11.6 Å². The van der Waals surface area contributed by atoms with Gasteiger partial charge in [0.25, 0.3) is 0 Å². The molecule has 3 heteroatoms. The highest BCUT2D eigenvalue weighted by molar-refractivity contribution is 14.1. The third kappa shape index (κ3) is 2.36. The zero-order valence-corrected chi connectivity index (χ0v) is 13.5. The quantitative estimate of drug-likeness (QED) is 0.731. The SMILES string of the molecule is O=C1C=C2CCCC(=O)C2(Cc2ccccc2I)CC1. The van der Waals surface area contributed by atoms with Crippen molar-refractivity contribution >= 4 is 34.2 Å². The third-order valence-electron chi connectivity index (χ3n) is 4.58. The number of allylic oxidation sites excluding steroid dienone is 2. The Morgan fingerprint density at radius 1 is 1.10 bits per heavy atom. The normalized spacial score (nSPS) is 26.1. The van der Waals surface area contributed by atoms with Gasteiger partial charge < -0.3 is 0 Å². The van der Waals surface area contributed by atoms with Gasteiger partial charge in [0.1, 0.15) is 5.78 Å². The first-order chi connectivity index (χ1) is 9.62. The molecule has 2 aliphatic rings. The van der Waals surface area contributed by atoms with Gasteiger partial charge in [-0.15, -0.1) is 0 Å². The van der Waals surface area contributed by atoms with Gasteiger partial charge in [0.2, 0.25) is 0 Å². The monoisotopic (exact) mass is 380 g/mol. The summed E-state index contributed by atoms with van der Waals surface area (Å²) in [6.45, 7) is 0. The molecule has 0 saturated heterocycles. The molecular weight excluding hydrogens is 363 g/mol. The molecule has 0 radical (unpaired) electrons. The van der Waals surface area contributed by atoms with Crippen molar-refractivity contribution in [3.8, 4) is 0 Å². The topological polar surface area (TPSA) is 34.1 Å². The molecule has 0 N–H and O–H groups in total. The maximum atomic E-state index is 12.6. The van der Waals surface area contributed by atoms with Crippen molar-refractivity contribution in [1.82, 2.24) is 0 Å². The zero-order chi connectivity index (χ0) is 14.2. The number of benzene rings is 1. The standard InChI is InChI=1S/C17H17IO2/c18-15-6-2-1-4-12(15)11-17-9-8-14(19)10-13(17)5-3-7-16(17)20/h1-2,4,6,10H,3,5,7-9,11H2. The van der Waals surface area contributed by atoms with Gasteiger partial charge in [0.15, 0.2) is 5.78 Å². The van der Waals surface area contributed by atoms with Crippen LogP contribution >= 0.6 is 22.6 Å². The van der Waals surface area contributed by atoms with Crippen LogP contribution < -0.4 is 0 Å². The zero-order valence-electron chi connectivity index (χ0n) is 11.3. The number of ketones is 2. The van der Waals surface area contributed by atoms with Crippen molar-refractivity contribution in [2.45, 2.75) is 38.5 Å². The van der Waals surface area contributed by atoms with Crippen molar-refractivity contribution in [3.05, 3.63) is 45.0 Å². The van der Waals surface area contributed by atoms with Crippen molar-refractivity contribution in [1.29, 1.82) is 0 Å². The second-order valence-electron chi connectivity index (χ2n) is 5.76. The van der Waals surface area contributed by atoms with Gasteiger partial charge in [-0.3, -0.25) is 9.59 Å². The summed E-state index contributed by atoms with van der Waals surface area (Å²) >= 11 is 2.33. The number of carbonyl (C=O) groups excluding carboxylic acids is 2. The van der Waals surface area contributed by atoms with Crippen LogP contribution in [0.25, 0.3) is 0 Å². The molecule has 1 saturated carbocycles. The maximum absolute atomic E-state index is 12.6. The van der Waals surface area contributed by atoms with Crippen LogP contribution in [-0.2, 0) is 16.0 Å². The Balaban J connectivity index is 2.02. The van der Waals surface area contributed by atoms with E-state index in [1.165, 1.54) is 9.13 Å². The van der Waals surface area contributed by atoms with Crippen LogP contribution in [0.2, 0.25) is 0 Å². The highest BCUT2D eigenvalue weighted by atomic mass is 127. The minimum atomic E-state index is -0.395. The van der Waals surface area contributed by atoms with Crippen LogP contribution in [0.5, 0.6) is 0 Å². The molecule has 0 bridgehead atoms. The Bertz CT molecular complexity index is 603. The fourth-order valence-electron chi connectivity index (χ4n) is 3.48.